The van der Waals surface area contributed by atoms with Gasteiger partial charge in [-0.05, 0) is 13.0 Å². The van der Waals surface area contributed by atoms with Crippen LogP contribution in [0.25, 0.3) is 0 Å². The van der Waals surface area contributed by atoms with Gasteiger partial charge in [0, 0.05) is 5.69 Å². The van der Waals surface area contributed by atoms with Gasteiger partial charge in [-0.2, -0.15) is 0 Å². The Bertz CT molecular complexity index is 555. The summed E-state index contributed by atoms with van der Waals surface area (Å²) in [7, 11) is 0. The molecule has 86 valence electrons. The van der Waals surface area contributed by atoms with Crippen LogP contribution < -0.4 is 16.0 Å². The molecule has 0 aliphatic carbocycles. The summed E-state index contributed by atoms with van der Waals surface area (Å²) >= 11 is 0. The standard InChI is InChI=1S/C10H9FN6/c1-6-2-9-8(5-12-6)15-16-17(9)10-13-3-7(11)4-14-10/h2-5,15-16H,1H3. The molecule has 0 saturated heterocycles. The van der Waals surface area contributed by atoms with E-state index >= 15 is 0 Å². The molecule has 7 heteroatoms. The van der Waals surface area contributed by atoms with Gasteiger partial charge >= 0.3 is 0 Å². The molecule has 0 atom stereocenters. The number of rotatable bonds is 1. The molecular weight excluding hydrogens is 223 g/mol. The molecule has 0 fully saturated rings. The average Bonchev–Trinajstić information content (AvgIpc) is 2.73. The fourth-order valence-corrected chi connectivity index (χ4v) is 1.58. The van der Waals surface area contributed by atoms with Gasteiger partial charge in [0.2, 0.25) is 5.95 Å². The summed E-state index contributed by atoms with van der Waals surface area (Å²) < 4.78 is 12.7. The van der Waals surface area contributed by atoms with Crippen LogP contribution in [0.3, 0.4) is 0 Å². The number of hydrazine groups is 2. The summed E-state index contributed by atoms with van der Waals surface area (Å²) in [6.07, 6.45) is 3.95. The van der Waals surface area contributed by atoms with Crippen LogP contribution in [0.5, 0.6) is 0 Å². The highest BCUT2D eigenvalue weighted by Gasteiger charge is 2.22. The maximum Gasteiger partial charge on any atom is 0.246 e. The second-order valence-corrected chi connectivity index (χ2v) is 3.62. The topological polar surface area (TPSA) is 66.0 Å². The highest BCUT2D eigenvalue weighted by molar-refractivity contribution is 5.76. The number of pyridine rings is 1. The molecule has 2 N–H and O–H groups in total. The molecule has 1 aliphatic heterocycles. The zero-order valence-electron chi connectivity index (χ0n) is 8.98. The minimum atomic E-state index is -0.466. The van der Waals surface area contributed by atoms with E-state index in [0.717, 1.165) is 29.5 Å². The smallest absolute Gasteiger partial charge is 0.246 e. The van der Waals surface area contributed by atoms with Gasteiger partial charge in [0.05, 0.1) is 30.0 Å². The monoisotopic (exact) mass is 232 g/mol. The van der Waals surface area contributed by atoms with Crippen molar-refractivity contribution in [3.63, 3.8) is 0 Å². The molecule has 6 nitrogen and oxygen atoms in total. The van der Waals surface area contributed by atoms with Crippen LogP contribution >= 0.6 is 0 Å². The van der Waals surface area contributed by atoms with E-state index in [4.69, 9.17) is 0 Å². The summed E-state index contributed by atoms with van der Waals surface area (Å²) in [5, 5.41) is 1.63. The Morgan fingerprint density at radius 3 is 2.71 bits per heavy atom. The predicted molar refractivity (Wildman–Crippen MR) is 59.9 cm³/mol. The number of fused-ring (bicyclic) bond motifs is 1. The third kappa shape index (κ3) is 1.66. The quantitative estimate of drug-likeness (QED) is 0.772. The molecular formula is C10H9FN6. The third-order valence-corrected chi connectivity index (χ3v) is 2.37. The number of anilines is 3. The first kappa shape index (κ1) is 9.91. The molecule has 2 aromatic rings. The van der Waals surface area contributed by atoms with Crippen LogP contribution in [-0.4, -0.2) is 15.0 Å². The predicted octanol–water partition coefficient (Wildman–Crippen LogP) is 1.30. The summed E-state index contributed by atoms with van der Waals surface area (Å²) in [4.78, 5) is 12.0. The second kappa shape index (κ2) is 3.63. The Hall–Kier alpha value is -2.28. The summed E-state index contributed by atoms with van der Waals surface area (Å²) in [6.45, 7) is 1.89. The van der Waals surface area contributed by atoms with E-state index in [1.165, 1.54) is 0 Å². The van der Waals surface area contributed by atoms with E-state index in [-0.39, 0.29) is 0 Å². The molecule has 3 rings (SSSR count). The van der Waals surface area contributed by atoms with Gasteiger partial charge in [-0.15, -0.1) is 5.53 Å². The number of halogens is 1. The van der Waals surface area contributed by atoms with Gasteiger partial charge in [-0.25, -0.2) is 19.4 Å². The number of aromatic nitrogens is 3. The van der Waals surface area contributed by atoms with Crippen molar-refractivity contribution in [3.05, 3.63) is 36.2 Å². The van der Waals surface area contributed by atoms with Gasteiger partial charge < -0.3 is 0 Å². The van der Waals surface area contributed by atoms with Crippen molar-refractivity contribution in [2.75, 3.05) is 10.4 Å². The lowest BCUT2D eigenvalue weighted by atomic mass is 10.3. The van der Waals surface area contributed by atoms with Crippen LogP contribution in [0.4, 0.5) is 21.7 Å². The van der Waals surface area contributed by atoms with E-state index in [9.17, 15) is 4.39 Å². The van der Waals surface area contributed by atoms with E-state index in [0.29, 0.717) is 5.95 Å². The van der Waals surface area contributed by atoms with Gasteiger partial charge in [0.15, 0.2) is 5.82 Å². The lowest BCUT2D eigenvalue weighted by molar-refractivity contribution is 0.612. The molecule has 0 spiro atoms. The van der Waals surface area contributed by atoms with Gasteiger partial charge in [0.1, 0.15) is 0 Å². The SMILES string of the molecule is Cc1cc2c(cn1)NNN2c1ncc(F)cn1. The third-order valence-electron chi connectivity index (χ3n) is 2.37. The maximum absolute atomic E-state index is 12.7. The van der Waals surface area contributed by atoms with Crippen LogP contribution in [0, 0.1) is 12.7 Å². The molecule has 0 bridgehead atoms. The highest BCUT2D eigenvalue weighted by atomic mass is 19.1. The Kier molecular flexibility index (Phi) is 2.12. The first-order chi connectivity index (χ1) is 8.24. The van der Waals surface area contributed by atoms with Crippen molar-refractivity contribution in [3.8, 4) is 0 Å². The number of nitrogens with one attached hydrogen (secondary N) is 2. The number of hydrogen-bond acceptors (Lipinski definition) is 6. The van der Waals surface area contributed by atoms with Gasteiger partial charge in [-0.1, -0.05) is 0 Å². The largest absolute Gasteiger partial charge is 0.300 e. The number of aryl methyl sites for hydroxylation is 1. The Labute approximate surface area is 96.5 Å². The Morgan fingerprint density at radius 1 is 1.18 bits per heavy atom. The van der Waals surface area contributed by atoms with Crippen LogP contribution in [0.2, 0.25) is 0 Å². The molecule has 0 aromatic carbocycles. The highest BCUT2D eigenvalue weighted by Crippen LogP contribution is 2.32. The van der Waals surface area contributed by atoms with Crippen LogP contribution in [0.1, 0.15) is 5.69 Å². The van der Waals surface area contributed by atoms with Crippen molar-refractivity contribution in [2.24, 2.45) is 0 Å². The molecule has 0 unspecified atom stereocenters. The molecule has 2 aromatic heterocycles. The van der Waals surface area contributed by atoms with E-state index < -0.39 is 5.82 Å². The lowest BCUT2D eigenvalue weighted by Gasteiger charge is -2.14. The first-order valence-electron chi connectivity index (χ1n) is 5.00. The number of nitrogens with zero attached hydrogens (tertiary/aromatic N) is 4. The normalized spacial score (nSPS) is 13.4. The fraction of sp³-hybridized carbons (Fsp3) is 0.100. The van der Waals surface area contributed by atoms with Crippen molar-refractivity contribution in [1.82, 2.24) is 20.5 Å². The molecule has 0 amide bonds. The van der Waals surface area contributed by atoms with Crippen molar-refractivity contribution in [1.29, 1.82) is 0 Å². The lowest BCUT2D eigenvalue weighted by Crippen LogP contribution is -2.32. The Balaban J connectivity index is 2.03. The summed E-state index contributed by atoms with van der Waals surface area (Å²) in [5.74, 6) is -0.102. The van der Waals surface area contributed by atoms with Crippen molar-refractivity contribution >= 4 is 17.3 Å². The van der Waals surface area contributed by atoms with Crippen molar-refractivity contribution in [2.45, 2.75) is 6.92 Å². The van der Waals surface area contributed by atoms with Gasteiger partial charge in [-0.3, -0.25) is 10.4 Å². The minimum absolute atomic E-state index is 0.364. The van der Waals surface area contributed by atoms with Gasteiger partial charge in [0.25, 0.3) is 0 Å². The Morgan fingerprint density at radius 2 is 1.94 bits per heavy atom. The first-order valence-corrected chi connectivity index (χ1v) is 5.00. The van der Waals surface area contributed by atoms with E-state index in [1.807, 2.05) is 13.0 Å². The molecule has 3 heterocycles. The van der Waals surface area contributed by atoms with Crippen molar-refractivity contribution < 1.29 is 4.39 Å². The molecule has 17 heavy (non-hydrogen) atoms. The molecule has 0 saturated carbocycles. The zero-order chi connectivity index (χ0) is 11.8. The average molecular weight is 232 g/mol. The minimum Gasteiger partial charge on any atom is -0.300 e. The summed E-state index contributed by atoms with van der Waals surface area (Å²) in [5.41, 5.74) is 8.36. The van der Waals surface area contributed by atoms with Crippen LogP contribution in [0.15, 0.2) is 24.7 Å². The summed E-state index contributed by atoms with van der Waals surface area (Å²) in [6, 6.07) is 1.88. The zero-order valence-corrected chi connectivity index (χ0v) is 8.98. The molecule has 1 aliphatic rings. The number of hydrogen-bond donors (Lipinski definition) is 2. The molecule has 0 radical (unpaired) electrons. The second-order valence-electron chi connectivity index (χ2n) is 3.62. The fourth-order valence-electron chi connectivity index (χ4n) is 1.58. The maximum atomic E-state index is 12.7. The van der Waals surface area contributed by atoms with E-state index in [1.54, 1.807) is 11.2 Å². The van der Waals surface area contributed by atoms with E-state index in [2.05, 4.69) is 25.9 Å². The van der Waals surface area contributed by atoms with Crippen LogP contribution in [-0.2, 0) is 0 Å².